The lowest BCUT2D eigenvalue weighted by Gasteiger charge is -2.24. The molecule has 3 aromatic rings. The minimum atomic E-state index is -0.933. The number of benzene rings is 2. The average molecular weight is 708 g/mol. The molecule has 2 aromatic carbocycles. The Morgan fingerprint density at radius 1 is 1.00 bits per heavy atom. The highest BCUT2D eigenvalue weighted by atomic mass is 32.1. The molecule has 1 saturated heterocycles. The summed E-state index contributed by atoms with van der Waals surface area (Å²) in [4.78, 5) is 72.2. The monoisotopic (exact) mass is 707 g/mol. The van der Waals surface area contributed by atoms with Crippen LogP contribution in [0.25, 0.3) is 10.8 Å². The SMILES string of the molecule is CC(C)C[C@H](CC(=O)[C@H](Cc1cccc2ccccc12)NC(=O)c1cnccn1)C(=O)N[C@H](C=O)C[C@@H]1CCNC1=O.S.S.S.S. The molecule has 1 aliphatic heterocycles. The van der Waals surface area contributed by atoms with Crippen LogP contribution in [-0.4, -0.2) is 58.4 Å². The summed E-state index contributed by atoms with van der Waals surface area (Å²) in [5, 5.41) is 10.3. The number of ketones is 1. The molecular weight excluding hydrogens is 663 g/mol. The zero-order chi connectivity index (χ0) is 30.1. The van der Waals surface area contributed by atoms with Gasteiger partial charge in [-0.1, -0.05) is 56.3 Å². The van der Waals surface area contributed by atoms with E-state index in [0.29, 0.717) is 25.7 Å². The molecular formula is C32H45N5O5S4. The number of rotatable bonds is 14. The van der Waals surface area contributed by atoms with Crippen LogP contribution < -0.4 is 16.0 Å². The maximum Gasteiger partial charge on any atom is 0.272 e. The van der Waals surface area contributed by atoms with Crippen molar-refractivity contribution in [2.75, 3.05) is 6.54 Å². The predicted octanol–water partition coefficient (Wildman–Crippen LogP) is 3.25. The van der Waals surface area contributed by atoms with E-state index in [1.54, 1.807) is 0 Å². The van der Waals surface area contributed by atoms with Crippen LogP contribution >= 0.6 is 54.0 Å². The Hall–Kier alpha value is -3.07. The molecule has 1 aliphatic rings. The Morgan fingerprint density at radius 2 is 1.72 bits per heavy atom. The maximum atomic E-state index is 13.9. The normalized spacial score (nSPS) is 15.4. The number of aromatic nitrogens is 2. The summed E-state index contributed by atoms with van der Waals surface area (Å²) < 4.78 is 0. The van der Waals surface area contributed by atoms with Crippen LogP contribution in [0.4, 0.5) is 0 Å². The number of nitrogens with zero attached hydrogens (tertiary/aromatic N) is 2. The van der Waals surface area contributed by atoms with Crippen molar-refractivity contribution in [3.05, 3.63) is 72.3 Å². The molecule has 3 N–H and O–H groups in total. The summed E-state index contributed by atoms with van der Waals surface area (Å²) in [6.45, 7) is 4.45. The fourth-order valence-corrected chi connectivity index (χ4v) is 5.45. The van der Waals surface area contributed by atoms with Crippen molar-refractivity contribution in [2.24, 2.45) is 17.8 Å². The maximum absolute atomic E-state index is 13.9. The van der Waals surface area contributed by atoms with Gasteiger partial charge in [-0.3, -0.25) is 24.2 Å². The Bertz CT molecular complexity index is 1440. The summed E-state index contributed by atoms with van der Waals surface area (Å²) in [5.74, 6) is -2.36. The standard InChI is InChI=1S/C32H37N5O5.4H2S/c1-20(2)14-24(31(41)36-25(19-38)15-23-10-11-35-30(23)40)17-29(39)27(37-32(42)28-18-33-12-13-34-28)16-22-8-5-7-21-6-3-4-9-26(21)22;;;;/h3-9,12-13,18-20,23-25,27H,10-11,14-17H2,1-2H3,(H,35,40)(H,36,41)(H,37,42);4*1H2/t23-,24+,25-,27-;;;;/m0..../s1. The van der Waals surface area contributed by atoms with Gasteiger partial charge in [-0.2, -0.15) is 54.0 Å². The molecule has 4 rings (SSSR count). The van der Waals surface area contributed by atoms with Crippen molar-refractivity contribution in [1.82, 2.24) is 25.9 Å². The van der Waals surface area contributed by atoms with E-state index in [0.717, 1.165) is 16.3 Å². The molecule has 3 amide bonds. The molecule has 252 valence electrons. The van der Waals surface area contributed by atoms with E-state index in [1.807, 2.05) is 56.3 Å². The number of amides is 3. The first-order chi connectivity index (χ1) is 20.2. The highest BCUT2D eigenvalue weighted by Crippen LogP contribution is 2.23. The summed E-state index contributed by atoms with van der Waals surface area (Å²) in [6.07, 6.45) is 6.14. The molecule has 14 heteroatoms. The second kappa shape index (κ2) is 20.9. The Labute approximate surface area is 297 Å². The summed E-state index contributed by atoms with van der Waals surface area (Å²) in [6, 6.07) is 11.8. The zero-order valence-corrected chi connectivity index (χ0v) is 29.9. The summed E-state index contributed by atoms with van der Waals surface area (Å²) in [7, 11) is 0. The van der Waals surface area contributed by atoms with Crippen LogP contribution in [-0.2, 0) is 25.6 Å². The van der Waals surface area contributed by atoms with Gasteiger partial charge < -0.3 is 20.7 Å². The molecule has 0 bridgehead atoms. The lowest BCUT2D eigenvalue weighted by atomic mass is 9.87. The van der Waals surface area contributed by atoms with E-state index in [2.05, 4.69) is 25.9 Å². The van der Waals surface area contributed by atoms with Crippen molar-refractivity contribution >= 4 is 94.5 Å². The van der Waals surface area contributed by atoms with Gasteiger partial charge in [0.15, 0.2) is 5.78 Å². The van der Waals surface area contributed by atoms with Gasteiger partial charge in [-0.05, 0) is 41.5 Å². The zero-order valence-electron chi connectivity index (χ0n) is 25.9. The van der Waals surface area contributed by atoms with Crippen molar-refractivity contribution in [3.8, 4) is 0 Å². The number of hydrogen-bond acceptors (Lipinski definition) is 7. The molecule has 46 heavy (non-hydrogen) atoms. The number of carbonyl (C=O) groups excluding carboxylic acids is 5. The number of fused-ring (bicyclic) bond motifs is 1. The molecule has 10 nitrogen and oxygen atoms in total. The van der Waals surface area contributed by atoms with Gasteiger partial charge in [0, 0.05) is 43.6 Å². The quantitative estimate of drug-likeness (QED) is 0.218. The first-order valence-electron chi connectivity index (χ1n) is 14.3. The highest BCUT2D eigenvalue weighted by Gasteiger charge is 2.32. The smallest absolute Gasteiger partial charge is 0.272 e. The van der Waals surface area contributed by atoms with E-state index in [-0.39, 0.29) is 102 Å². The first-order valence-corrected chi connectivity index (χ1v) is 14.3. The van der Waals surface area contributed by atoms with Gasteiger partial charge in [0.05, 0.1) is 18.3 Å². The minimum Gasteiger partial charge on any atom is -0.356 e. The van der Waals surface area contributed by atoms with E-state index in [9.17, 15) is 24.0 Å². The number of Topliss-reactive ketones (excluding diaryl/α,β-unsaturated/α-hetero) is 1. The fraction of sp³-hybridized carbons (Fsp3) is 0.406. The van der Waals surface area contributed by atoms with Crippen LogP contribution in [0.2, 0.25) is 0 Å². The van der Waals surface area contributed by atoms with Crippen molar-refractivity contribution in [1.29, 1.82) is 0 Å². The van der Waals surface area contributed by atoms with Crippen LogP contribution in [0.15, 0.2) is 61.1 Å². The largest absolute Gasteiger partial charge is 0.356 e. The molecule has 0 radical (unpaired) electrons. The van der Waals surface area contributed by atoms with Gasteiger partial charge in [-0.25, -0.2) is 4.98 Å². The third kappa shape index (κ3) is 11.9. The van der Waals surface area contributed by atoms with Gasteiger partial charge in [0.2, 0.25) is 11.8 Å². The van der Waals surface area contributed by atoms with E-state index < -0.39 is 29.8 Å². The minimum absolute atomic E-state index is 0. The highest BCUT2D eigenvalue weighted by molar-refractivity contribution is 7.59. The third-order valence-corrected chi connectivity index (χ3v) is 7.56. The van der Waals surface area contributed by atoms with E-state index >= 15 is 0 Å². The van der Waals surface area contributed by atoms with Crippen molar-refractivity contribution in [2.45, 2.75) is 58.0 Å². The number of nitrogens with one attached hydrogen (secondary N) is 3. The van der Waals surface area contributed by atoms with E-state index in [1.165, 1.54) is 18.6 Å². The molecule has 1 fully saturated rings. The van der Waals surface area contributed by atoms with Crippen LogP contribution in [0.3, 0.4) is 0 Å². The lowest BCUT2D eigenvalue weighted by molar-refractivity contribution is -0.132. The topological polar surface area (TPSA) is 147 Å². The second-order valence-corrected chi connectivity index (χ2v) is 11.2. The Balaban J connectivity index is 0.00000506. The van der Waals surface area contributed by atoms with Gasteiger partial charge >= 0.3 is 0 Å². The van der Waals surface area contributed by atoms with Crippen LogP contribution in [0.1, 0.15) is 55.6 Å². The number of hydrogen-bond donors (Lipinski definition) is 3. The van der Waals surface area contributed by atoms with E-state index in [4.69, 9.17) is 0 Å². The lowest BCUT2D eigenvalue weighted by Crippen LogP contribution is -2.46. The van der Waals surface area contributed by atoms with Gasteiger partial charge in [0.1, 0.15) is 12.0 Å². The number of aldehydes is 1. The van der Waals surface area contributed by atoms with Crippen molar-refractivity contribution in [3.63, 3.8) is 0 Å². The van der Waals surface area contributed by atoms with Gasteiger partial charge in [-0.15, -0.1) is 0 Å². The van der Waals surface area contributed by atoms with Gasteiger partial charge in [0.25, 0.3) is 5.91 Å². The van der Waals surface area contributed by atoms with Crippen LogP contribution in [0.5, 0.6) is 0 Å². The predicted molar refractivity (Wildman–Crippen MR) is 199 cm³/mol. The molecule has 4 atom stereocenters. The number of carbonyl (C=O) groups is 5. The fourth-order valence-electron chi connectivity index (χ4n) is 5.45. The molecule has 0 spiro atoms. The average Bonchev–Trinajstić information content (AvgIpc) is 3.40. The van der Waals surface area contributed by atoms with Crippen LogP contribution in [0, 0.1) is 17.8 Å². The molecule has 1 aromatic heterocycles. The Morgan fingerprint density at radius 3 is 2.35 bits per heavy atom. The second-order valence-electron chi connectivity index (χ2n) is 11.2. The molecule has 0 unspecified atom stereocenters. The summed E-state index contributed by atoms with van der Waals surface area (Å²) >= 11 is 0. The Kier molecular flexibility index (Phi) is 19.5. The van der Waals surface area contributed by atoms with Crippen molar-refractivity contribution < 1.29 is 24.0 Å². The molecule has 0 saturated carbocycles. The molecule has 0 aliphatic carbocycles. The third-order valence-electron chi connectivity index (χ3n) is 7.56. The molecule has 2 heterocycles. The summed E-state index contributed by atoms with van der Waals surface area (Å²) in [5.41, 5.74) is 0.959. The first kappa shape index (κ1) is 42.9.